The van der Waals surface area contributed by atoms with Crippen molar-refractivity contribution in [3.8, 4) is 0 Å². The molecular weight excluding hydrogens is 217 g/mol. The standard InChI is InChI=1S/C14H22FNO/c1-3-8-16-9-12(2)10-17-11-13-6-4-5-7-14(13)15/h4-7,12,16H,3,8-11H2,1-2H3. The zero-order chi connectivity index (χ0) is 12.5. The van der Waals surface area contributed by atoms with Crippen molar-refractivity contribution in [2.75, 3.05) is 19.7 Å². The molecule has 0 saturated heterocycles. The first-order chi connectivity index (χ1) is 8.24. The van der Waals surface area contributed by atoms with Crippen molar-refractivity contribution in [3.05, 3.63) is 35.6 Å². The lowest BCUT2D eigenvalue weighted by molar-refractivity contribution is 0.0899. The molecule has 0 aliphatic carbocycles. The molecule has 0 amide bonds. The average Bonchev–Trinajstić information content (AvgIpc) is 2.32. The highest BCUT2D eigenvalue weighted by molar-refractivity contribution is 5.16. The molecule has 1 aromatic rings. The molecule has 17 heavy (non-hydrogen) atoms. The molecule has 0 aromatic heterocycles. The van der Waals surface area contributed by atoms with Gasteiger partial charge in [0, 0.05) is 5.56 Å². The summed E-state index contributed by atoms with van der Waals surface area (Å²) in [5, 5.41) is 3.34. The van der Waals surface area contributed by atoms with Crippen molar-refractivity contribution in [3.63, 3.8) is 0 Å². The summed E-state index contributed by atoms with van der Waals surface area (Å²) >= 11 is 0. The van der Waals surface area contributed by atoms with Crippen LogP contribution in [-0.4, -0.2) is 19.7 Å². The second kappa shape index (κ2) is 8.20. The van der Waals surface area contributed by atoms with Crippen LogP contribution in [0.4, 0.5) is 4.39 Å². The quantitative estimate of drug-likeness (QED) is 0.704. The molecule has 0 radical (unpaired) electrons. The molecule has 1 N–H and O–H groups in total. The van der Waals surface area contributed by atoms with Crippen molar-refractivity contribution in [2.45, 2.75) is 26.9 Å². The van der Waals surface area contributed by atoms with E-state index in [1.54, 1.807) is 12.1 Å². The van der Waals surface area contributed by atoms with Crippen molar-refractivity contribution in [2.24, 2.45) is 5.92 Å². The van der Waals surface area contributed by atoms with Gasteiger partial charge in [0.1, 0.15) is 5.82 Å². The third kappa shape index (κ3) is 5.80. The van der Waals surface area contributed by atoms with E-state index in [4.69, 9.17) is 4.74 Å². The predicted molar refractivity (Wildman–Crippen MR) is 68.4 cm³/mol. The Labute approximate surface area is 103 Å². The molecule has 1 unspecified atom stereocenters. The largest absolute Gasteiger partial charge is 0.376 e. The Morgan fingerprint density at radius 3 is 2.82 bits per heavy atom. The van der Waals surface area contributed by atoms with Crippen molar-refractivity contribution in [1.82, 2.24) is 5.32 Å². The monoisotopic (exact) mass is 239 g/mol. The molecular formula is C14H22FNO. The van der Waals surface area contributed by atoms with Gasteiger partial charge >= 0.3 is 0 Å². The van der Waals surface area contributed by atoms with Gasteiger partial charge in [0.15, 0.2) is 0 Å². The molecule has 0 aliphatic heterocycles. The molecule has 0 aliphatic rings. The first kappa shape index (κ1) is 14.1. The fraction of sp³-hybridized carbons (Fsp3) is 0.571. The molecule has 0 saturated carbocycles. The summed E-state index contributed by atoms with van der Waals surface area (Å²) in [4.78, 5) is 0. The van der Waals surface area contributed by atoms with Gasteiger partial charge in [0.2, 0.25) is 0 Å². The number of nitrogens with one attached hydrogen (secondary N) is 1. The molecule has 0 spiro atoms. The Bertz CT molecular complexity index is 317. The van der Waals surface area contributed by atoms with E-state index in [-0.39, 0.29) is 5.82 Å². The zero-order valence-corrected chi connectivity index (χ0v) is 10.7. The Kier molecular flexibility index (Phi) is 6.82. The highest BCUT2D eigenvalue weighted by Gasteiger charge is 2.04. The summed E-state index contributed by atoms with van der Waals surface area (Å²) in [6.45, 7) is 7.27. The summed E-state index contributed by atoms with van der Waals surface area (Å²) in [5.41, 5.74) is 0.626. The smallest absolute Gasteiger partial charge is 0.128 e. The van der Waals surface area contributed by atoms with Gasteiger partial charge in [-0.3, -0.25) is 0 Å². The van der Waals surface area contributed by atoms with Crippen LogP contribution in [0.3, 0.4) is 0 Å². The van der Waals surface area contributed by atoms with E-state index in [0.29, 0.717) is 24.7 Å². The fourth-order valence-electron chi connectivity index (χ4n) is 1.57. The van der Waals surface area contributed by atoms with Gasteiger partial charge in [0.25, 0.3) is 0 Å². The maximum Gasteiger partial charge on any atom is 0.128 e. The van der Waals surface area contributed by atoms with E-state index < -0.39 is 0 Å². The number of halogens is 1. The minimum atomic E-state index is -0.190. The van der Waals surface area contributed by atoms with E-state index in [0.717, 1.165) is 19.5 Å². The highest BCUT2D eigenvalue weighted by atomic mass is 19.1. The van der Waals surface area contributed by atoms with Crippen LogP contribution < -0.4 is 5.32 Å². The third-order valence-corrected chi connectivity index (χ3v) is 2.54. The minimum absolute atomic E-state index is 0.190. The maximum absolute atomic E-state index is 13.3. The van der Waals surface area contributed by atoms with Gasteiger partial charge in [-0.05, 0) is 31.5 Å². The van der Waals surface area contributed by atoms with Crippen molar-refractivity contribution < 1.29 is 9.13 Å². The summed E-state index contributed by atoms with van der Waals surface area (Å²) in [6.07, 6.45) is 1.14. The second-order valence-electron chi connectivity index (χ2n) is 4.42. The number of hydrogen-bond acceptors (Lipinski definition) is 2. The van der Waals surface area contributed by atoms with E-state index in [9.17, 15) is 4.39 Å². The molecule has 0 bridgehead atoms. The SMILES string of the molecule is CCCNCC(C)COCc1ccccc1F. The Morgan fingerprint density at radius 2 is 2.12 bits per heavy atom. The van der Waals surface area contributed by atoms with E-state index >= 15 is 0 Å². The summed E-state index contributed by atoms with van der Waals surface area (Å²) in [5.74, 6) is 0.262. The fourth-order valence-corrected chi connectivity index (χ4v) is 1.57. The van der Waals surface area contributed by atoms with Gasteiger partial charge in [-0.1, -0.05) is 32.0 Å². The van der Waals surface area contributed by atoms with Crippen LogP contribution in [0.15, 0.2) is 24.3 Å². The molecule has 1 aromatic carbocycles. The van der Waals surface area contributed by atoms with Crippen molar-refractivity contribution >= 4 is 0 Å². The first-order valence-corrected chi connectivity index (χ1v) is 6.26. The van der Waals surface area contributed by atoms with Crippen LogP contribution in [0.1, 0.15) is 25.8 Å². The molecule has 1 atom stereocenters. The highest BCUT2D eigenvalue weighted by Crippen LogP contribution is 2.08. The van der Waals surface area contributed by atoms with Gasteiger partial charge in [0.05, 0.1) is 13.2 Å². The number of ether oxygens (including phenoxy) is 1. The first-order valence-electron chi connectivity index (χ1n) is 6.26. The minimum Gasteiger partial charge on any atom is -0.376 e. The van der Waals surface area contributed by atoms with Gasteiger partial charge < -0.3 is 10.1 Å². The second-order valence-corrected chi connectivity index (χ2v) is 4.42. The van der Waals surface area contributed by atoms with E-state index in [2.05, 4.69) is 19.2 Å². The topological polar surface area (TPSA) is 21.3 Å². The summed E-state index contributed by atoms with van der Waals surface area (Å²) < 4.78 is 18.8. The lowest BCUT2D eigenvalue weighted by Gasteiger charge is -2.13. The summed E-state index contributed by atoms with van der Waals surface area (Å²) in [7, 11) is 0. The molecule has 2 nitrogen and oxygen atoms in total. The van der Waals surface area contributed by atoms with Crippen molar-refractivity contribution in [1.29, 1.82) is 0 Å². The van der Waals surface area contributed by atoms with Gasteiger partial charge in [-0.25, -0.2) is 4.39 Å². The molecule has 3 heteroatoms. The Balaban J connectivity index is 2.17. The third-order valence-electron chi connectivity index (χ3n) is 2.54. The molecule has 96 valence electrons. The van der Waals surface area contributed by atoms with Crippen LogP contribution in [0.25, 0.3) is 0 Å². The Hall–Kier alpha value is -0.930. The summed E-state index contributed by atoms with van der Waals surface area (Å²) in [6, 6.07) is 6.74. The van der Waals surface area contributed by atoms with Crippen LogP contribution >= 0.6 is 0 Å². The van der Waals surface area contributed by atoms with Crippen LogP contribution in [0.5, 0.6) is 0 Å². The zero-order valence-electron chi connectivity index (χ0n) is 10.7. The molecule has 0 heterocycles. The normalized spacial score (nSPS) is 12.6. The number of hydrogen-bond donors (Lipinski definition) is 1. The van der Waals surface area contributed by atoms with Crippen LogP contribution in [0.2, 0.25) is 0 Å². The number of benzene rings is 1. The van der Waals surface area contributed by atoms with Gasteiger partial charge in [-0.2, -0.15) is 0 Å². The molecule has 0 fully saturated rings. The number of rotatable bonds is 8. The predicted octanol–water partition coefficient (Wildman–Crippen LogP) is 2.98. The lowest BCUT2D eigenvalue weighted by atomic mass is 10.2. The molecule has 1 rings (SSSR count). The maximum atomic E-state index is 13.3. The average molecular weight is 239 g/mol. The van der Waals surface area contributed by atoms with E-state index in [1.165, 1.54) is 6.07 Å². The van der Waals surface area contributed by atoms with Crippen LogP contribution in [-0.2, 0) is 11.3 Å². The lowest BCUT2D eigenvalue weighted by Crippen LogP contribution is -2.24. The van der Waals surface area contributed by atoms with Gasteiger partial charge in [-0.15, -0.1) is 0 Å². The Morgan fingerprint density at radius 1 is 1.35 bits per heavy atom. The van der Waals surface area contributed by atoms with E-state index in [1.807, 2.05) is 6.07 Å². The van der Waals surface area contributed by atoms with Crippen LogP contribution in [0, 0.1) is 11.7 Å².